The molecule has 7 heteroatoms. The number of imide groups is 1. The molecule has 5 rings (SSSR count). The summed E-state index contributed by atoms with van der Waals surface area (Å²) in [5, 5.41) is 25.8. The smallest absolute Gasteiger partial charge is 0.233 e. The number of hydrogen-bond acceptors (Lipinski definition) is 6. The first-order valence-electron chi connectivity index (χ1n) is 11.5. The Bertz CT molecular complexity index is 1040. The minimum absolute atomic E-state index is 0.182. The fraction of sp³-hybridized carbons (Fsp3) is 0.423. The van der Waals surface area contributed by atoms with E-state index in [0.717, 1.165) is 11.1 Å². The lowest BCUT2D eigenvalue weighted by molar-refractivity contribution is -0.142. The molecular formula is C26H28N2O5. The van der Waals surface area contributed by atoms with Crippen molar-refractivity contribution < 1.29 is 24.6 Å². The number of carbonyl (C=O) groups is 2. The van der Waals surface area contributed by atoms with Crippen LogP contribution in [-0.2, 0) is 27.6 Å². The van der Waals surface area contributed by atoms with Crippen LogP contribution in [0.3, 0.4) is 0 Å². The van der Waals surface area contributed by atoms with Crippen molar-refractivity contribution in [2.45, 2.75) is 44.6 Å². The van der Waals surface area contributed by atoms with E-state index >= 15 is 0 Å². The Labute approximate surface area is 192 Å². The number of fused-ring (bicyclic) bond motifs is 3. The van der Waals surface area contributed by atoms with Crippen molar-refractivity contribution in [1.29, 1.82) is 0 Å². The molecule has 3 aliphatic rings. The Morgan fingerprint density at radius 3 is 2.21 bits per heavy atom. The number of oxime groups is 1. The van der Waals surface area contributed by atoms with Crippen molar-refractivity contribution in [3.8, 4) is 0 Å². The lowest BCUT2D eigenvalue weighted by atomic mass is 9.60. The summed E-state index contributed by atoms with van der Waals surface area (Å²) in [6.07, 6.45) is -0.743. The Kier molecular flexibility index (Phi) is 6.00. The summed E-state index contributed by atoms with van der Waals surface area (Å²) in [4.78, 5) is 33.4. The van der Waals surface area contributed by atoms with Gasteiger partial charge in [-0.05, 0) is 24.0 Å². The Morgan fingerprint density at radius 1 is 0.879 bits per heavy atom. The number of carbonyl (C=O) groups excluding carboxylic acids is 2. The number of rotatable bonds is 5. The van der Waals surface area contributed by atoms with E-state index < -0.39 is 30.0 Å². The van der Waals surface area contributed by atoms with Gasteiger partial charge in [-0.3, -0.25) is 14.5 Å². The minimum Gasteiger partial charge on any atom is -0.391 e. The molecule has 0 unspecified atom stereocenters. The van der Waals surface area contributed by atoms with Crippen LogP contribution in [-0.4, -0.2) is 44.8 Å². The van der Waals surface area contributed by atoms with Gasteiger partial charge in [0.1, 0.15) is 6.61 Å². The van der Waals surface area contributed by atoms with Gasteiger partial charge in [-0.2, -0.15) is 0 Å². The fourth-order valence-corrected chi connectivity index (χ4v) is 5.73. The van der Waals surface area contributed by atoms with Crippen molar-refractivity contribution in [3.63, 3.8) is 0 Å². The summed E-state index contributed by atoms with van der Waals surface area (Å²) >= 11 is 0. The summed E-state index contributed by atoms with van der Waals surface area (Å²) < 4.78 is 0. The van der Waals surface area contributed by atoms with Gasteiger partial charge >= 0.3 is 0 Å². The first kappa shape index (κ1) is 21.8. The summed E-state index contributed by atoms with van der Waals surface area (Å²) in [7, 11) is 0. The number of likely N-dealkylation sites (tertiary alicyclic amines) is 1. The molecule has 1 heterocycles. The van der Waals surface area contributed by atoms with Crippen LogP contribution < -0.4 is 0 Å². The van der Waals surface area contributed by atoms with E-state index in [9.17, 15) is 19.8 Å². The summed E-state index contributed by atoms with van der Waals surface area (Å²) in [6.45, 7) is 0.525. The normalized spacial score (nSPS) is 32.5. The average Bonchev–Trinajstić information content (AvgIpc) is 3.08. The molecule has 0 bridgehead atoms. The van der Waals surface area contributed by atoms with E-state index in [0.29, 0.717) is 25.2 Å². The minimum atomic E-state index is -1.08. The maximum Gasteiger partial charge on any atom is 0.233 e. The first-order chi connectivity index (χ1) is 16.0. The lowest BCUT2D eigenvalue weighted by Crippen LogP contribution is -2.54. The van der Waals surface area contributed by atoms with Gasteiger partial charge < -0.3 is 15.1 Å². The van der Waals surface area contributed by atoms with Crippen molar-refractivity contribution in [2.24, 2.45) is 28.8 Å². The Morgan fingerprint density at radius 2 is 1.52 bits per heavy atom. The van der Waals surface area contributed by atoms with E-state index in [-0.39, 0.29) is 30.7 Å². The van der Waals surface area contributed by atoms with Gasteiger partial charge in [0, 0.05) is 18.3 Å². The summed E-state index contributed by atoms with van der Waals surface area (Å²) in [6, 6.07) is 19.1. The van der Waals surface area contributed by atoms with Crippen LogP contribution in [0.15, 0.2) is 65.8 Å². The Hall–Kier alpha value is -3.03. The number of aliphatic hydroxyl groups excluding tert-OH is 2. The van der Waals surface area contributed by atoms with Crippen molar-refractivity contribution in [1.82, 2.24) is 4.90 Å². The molecule has 2 N–H and O–H groups in total. The number of hydrogen-bond donors (Lipinski definition) is 2. The quantitative estimate of drug-likeness (QED) is 0.541. The van der Waals surface area contributed by atoms with Gasteiger partial charge in [0.05, 0.1) is 36.3 Å². The Balaban J connectivity index is 1.37. The molecule has 1 aliphatic heterocycles. The molecule has 2 aliphatic carbocycles. The van der Waals surface area contributed by atoms with Crippen LogP contribution in [0, 0.1) is 23.7 Å². The molecule has 7 nitrogen and oxygen atoms in total. The molecular weight excluding hydrogens is 420 g/mol. The summed E-state index contributed by atoms with van der Waals surface area (Å²) in [5.41, 5.74) is 2.52. The first-order valence-corrected chi connectivity index (χ1v) is 11.5. The van der Waals surface area contributed by atoms with Crippen molar-refractivity contribution in [2.75, 3.05) is 0 Å². The molecule has 2 aromatic rings. The molecule has 2 saturated carbocycles. The topological polar surface area (TPSA) is 99.4 Å². The molecule has 2 aromatic carbocycles. The molecule has 172 valence electrons. The van der Waals surface area contributed by atoms with Crippen molar-refractivity contribution >= 4 is 17.5 Å². The molecule has 33 heavy (non-hydrogen) atoms. The molecule has 2 amide bonds. The highest BCUT2D eigenvalue weighted by Crippen LogP contribution is 2.49. The zero-order valence-corrected chi connectivity index (χ0v) is 18.3. The zero-order valence-electron chi connectivity index (χ0n) is 18.3. The molecule has 0 spiro atoms. The maximum absolute atomic E-state index is 13.4. The largest absolute Gasteiger partial charge is 0.391 e. The second-order valence-corrected chi connectivity index (χ2v) is 9.25. The number of benzene rings is 2. The van der Waals surface area contributed by atoms with Gasteiger partial charge in [-0.15, -0.1) is 0 Å². The predicted molar refractivity (Wildman–Crippen MR) is 120 cm³/mol. The standard InChI is InChI=1S/C26H28N2O5/c29-21-13-20(27-33-15-17-9-5-2-6-10-17)18-11-12-19-23(22(18)24(21)30)26(32)28(25(19)31)14-16-7-3-1-4-8-16/h1-10,18-19,21-24,29-30H,11-15H2/b27-20+/t18-,19-,21-,22+,23-,24-/m1/s1. The van der Waals surface area contributed by atoms with Crippen LogP contribution in [0.25, 0.3) is 0 Å². The highest BCUT2D eigenvalue weighted by Gasteiger charge is 2.59. The highest BCUT2D eigenvalue weighted by atomic mass is 16.6. The lowest BCUT2D eigenvalue weighted by Gasteiger charge is -2.45. The predicted octanol–water partition coefficient (Wildman–Crippen LogP) is 2.51. The number of aliphatic hydroxyl groups is 2. The second kappa shape index (κ2) is 9.08. The molecule has 1 saturated heterocycles. The van der Waals surface area contributed by atoms with Crippen LogP contribution in [0.5, 0.6) is 0 Å². The van der Waals surface area contributed by atoms with Crippen molar-refractivity contribution in [3.05, 3.63) is 71.8 Å². The highest BCUT2D eigenvalue weighted by molar-refractivity contribution is 6.06. The maximum atomic E-state index is 13.4. The zero-order chi connectivity index (χ0) is 22.9. The van der Waals surface area contributed by atoms with Crippen LogP contribution >= 0.6 is 0 Å². The summed E-state index contributed by atoms with van der Waals surface area (Å²) in [5.74, 6) is -2.31. The molecule has 0 radical (unpaired) electrons. The van der Waals surface area contributed by atoms with E-state index in [2.05, 4.69) is 5.16 Å². The van der Waals surface area contributed by atoms with E-state index in [1.807, 2.05) is 60.7 Å². The number of nitrogens with zero attached hydrogens (tertiary/aromatic N) is 2. The SMILES string of the molecule is O=C1[C@H]2[C@H]3[C@H](O)[C@H](O)C/C(=N\OCc4ccccc4)[C@H]3CC[C@H]2C(=O)N1Cc1ccccc1. The van der Waals surface area contributed by atoms with Crippen LogP contribution in [0.1, 0.15) is 30.4 Å². The third-order valence-corrected chi connectivity index (χ3v) is 7.31. The van der Waals surface area contributed by atoms with Gasteiger partial charge in [0.25, 0.3) is 0 Å². The monoisotopic (exact) mass is 448 g/mol. The van der Waals surface area contributed by atoms with Crippen LogP contribution in [0.4, 0.5) is 0 Å². The third kappa shape index (κ3) is 4.07. The van der Waals surface area contributed by atoms with E-state index in [4.69, 9.17) is 4.84 Å². The van der Waals surface area contributed by atoms with Gasteiger partial charge in [0.15, 0.2) is 0 Å². The molecule has 0 aromatic heterocycles. The van der Waals surface area contributed by atoms with Crippen LogP contribution in [0.2, 0.25) is 0 Å². The molecule has 3 fully saturated rings. The van der Waals surface area contributed by atoms with E-state index in [1.165, 1.54) is 4.90 Å². The van der Waals surface area contributed by atoms with Gasteiger partial charge in [0.2, 0.25) is 11.8 Å². The average molecular weight is 449 g/mol. The van der Waals surface area contributed by atoms with Gasteiger partial charge in [-0.25, -0.2) is 0 Å². The van der Waals surface area contributed by atoms with E-state index in [1.54, 1.807) is 0 Å². The second-order valence-electron chi connectivity index (χ2n) is 9.25. The van der Waals surface area contributed by atoms with Gasteiger partial charge in [-0.1, -0.05) is 65.8 Å². The number of amides is 2. The third-order valence-electron chi connectivity index (χ3n) is 7.31. The fourth-order valence-electron chi connectivity index (χ4n) is 5.73. The molecule has 6 atom stereocenters.